The molecule has 1 saturated heterocycles. The quantitative estimate of drug-likeness (QED) is 0.121. The Labute approximate surface area is 296 Å². The Kier molecular flexibility index (Phi) is 11.3. The van der Waals surface area contributed by atoms with E-state index in [1.54, 1.807) is 7.11 Å². The van der Waals surface area contributed by atoms with E-state index in [9.17, 15) is 9.90 Å². The molecule has 2 N–H and O–H groups in total. The van der Waals surface area contributed by atoms with Crippen LogP contribution in [-0.4, -0.2) is 60.0 Å². The van der Waals surface area contributed by atoms with E-state index < -0.39 is 8.07 Å². The number of carbonyl (C=O) groups excluding carboxylic acids is 1. The molecule has 0 saturated carbocycles. The first-order chi connectivity index (χ1) is 24.3. The molecule has 0 radical (unpaired) electrons. The van der Waals surface area contributed by atoms with Gasteiger partial charge in [0.2, 0.25) is 0 Å². The number of aromatic nitrogens is 3. The van der Waals surface area contributed by atoms with Crippen molar-refractivity contribution in [2.45, 2.75) is 69.5 Å². The highest BCUT2D eigenvalue weighted by Gasteiger charge is 2.50. The molecule has 5 atom stereocenters. The number of amides is 1. The van der Waals surface area contributed by atoms with Crippen molar-refractivity contribution in [3.05, 3.63) is 138 Å². The standard InChI is InChI=1S/C41H48N4O4Si/c1-29-38(23-18-30-12-11-17-33(26-30)42-41(47)32-15-9-6-10-16-32)49-39(40(29)50(3,4)35-21-19-34(48-2)20-22-35)24-25-45-27-37(43-44-45)36(28-46)31-13-7-5-8-14-31/h5-17,19-22,26-27,29,36,38-40,46H,18,23-25,28H2,1-4H3,(H,42,47)/t29-,36?,38+,39-,40+/m0/s1. The van der Waals surface area contributed by atoms with Gasteiger partial charge in [0.1, 0.15) is 5.75 Å². The summed E-state index contributed by atoms with van der Waals surface area (Å²) in [5.74, 6) is 0.896. The molecule has 4 aromatic carbocycles. The van der Waals surface area contributed by atoms with Crippen molar-refractivity contribution in [3.63, 3.8) is 0 Å². The molecule has 1 aliphatic rings. The zero-order valence-corrected chi connectivity index (χ0v) is 30.4. The Bertz CT molecular complexity index is 1830. The lowest BCUT2D eigenvalue weighted by molar-refractivity contribution is 0.0249. The molecular weight excluding hydrogens is 641 g/mol. The predicted molar refractivity (Wildman–Crippen MR) is 201 cm³/mol. The minimum absolute atomic E-state index is 0.0281. The minimum Gasteiger partial charge on any atom is -0.497 e. The number of nitrogens with zero attached hydrogens (tertiary/aromatic N) is 3. The summed E-state index contributed by atoms with van der Waals surface area (Å²) in [6.45, 7) is 7.94. The molecule has 0 spiro atoms. The fraction of sp³-hybridized carbons (Fsp3) is 0.341. The van der Waals surface area contributed by atoms with Crippen LogP contribution in [0.3, 0.4) is 0 Å². The van der Waals surface area contributed by atoms with E-state index in [1.807, 2.05) is 83.7 Å². The number of aryl methyl sites for hydroxylation is 2. The predicted octanol–water partition coefficient (Wildman–Crippen LogP) is 7.08. The zero-order valence-electron chi connectivity index (χ0n) is 29.4. The molecule has 1 unspecified atom stereocenters. The lowest BCUT2D eigenvalue weighted by atomic mass is 9.95. The highest BCUT2D eigenvalue weighted by Crippen LogP contribution is 2.46. The minimum atomic E-state index is -2.03. The molecule has 6 rings (SSSR count). The van der Waals surface area contributed by atoms with E-state index in [0.29, 0.717) is 23.6 Å². The lowest BCUT2D eigenvalue weighted by Gasteiger charge is -2.36. The maximum Gasteiger partial charge on any atom is 0.255 e. The molecule has 50 heavy (non-hydrogen) atoms. The Balaban J connectivity index is 1.17. The van der Waals surface area contributed by atoms with Gasteiger partial charge >= 0.3 is 0 Å². The van der Waals surface area contributed by atoms with Crippen LogP contribution in [0, 0.1) is 5.92 Å². The highest BCUT2D eigenvalue weighted by atomic mass is 28.3. The number of nitrogens with one attached hydrogen (secondary N) is 1. The van der Waals surface area contributed by atoms with Gasteiger partial charge in [-0.2, -0.15) is 0 Å². The number of hydrogen-bond acceptors (Lipinski definition) is 6. The van der Waals surface area contributed by atoms with Crippen LogP contribution in [0.25, 0.3) is 0 Å². The largest absolute Gasteiger partial charge is 0.497 e. The summed E-state index contributed by atoms with van der Waals surface area (Å²) in [6.07, 6.45) is 4.68. The first kappa shape index (κ1) is 35.3. The van der Waals surface area contributed by atoms with Crippen LogP contribution in [0.2, 0.25) is 18.6 Å². The number of carbonyl (C=O) groups is 1. The fourth-order valence-electron chi connectivity index (χ4n) is 7.72. The van der Waals surface area contributed by atoms with Crippen molar-refractivity contribution in [2.75, 3.05) is 19.0 Å². The van der Waals surface area contributed by atoms with Gasteiger partial charge in [-0.1, -0.05) is 103 Å². The average molecular weight is 689 g/mol. The van der Waals surface area contributed by atoms with E-state index in [0.717, 1.165) is 42.0 Å². The summed E-state index contributed by atoms with van der Waals surface area (Å²) in [4.78, 5) is 12.8. The zero-order chi connectivity index (χ0) is 35.1. The van der Waals surface area contributed by atoms with Crippen LogP contribution in [0.4, 0.5) is 5.69 Å². The topological polar surface area (TPSA) is 98.5 Å². The monoisotopic (exact) mass is 688 g/mol. The Morgan fingerprint density at radius 1 is 0.940 bits per heavy atom. The third-order valence-electron chi connectivity index (χ3n) is 10.4. The maximum absolute atomic E-state index is 12.8. The molecular formula is C41H48N4O4Si. The Morgan fingerprint density at radius 3 is 2.36 bits per heavy atom. The number of benzene rings is 4. The second kappa shape index (κ2) is 16.0. The Hall–Kier alpha value is -4.57. The first-order valence-corrected chi connectivity index (χ1v) is 20.7. The van der Waals surface area contributed by atoms with Gasteiger partial charge in [0.15, 0.2) is 0 Å². The molecule has 260 valence electrons. The normalized spacial score (nSPS) is 19.6. The van der Waals surface area contributed by atoms with Crippen LogP contribution in [0.1, 0.15) is 52.9 Å². The summed E-state index contributed by atoms with van der Waals surface area (Å²) in [5.41, 5.74) is 4.78. The molecule has 0 bridgehead atoms. The van der Waals surface area contributed by atoms with Gasteiger partial charge in [-0.25, -0.2) is 0 Å². The number of hydrogen-bond donors (Lipinski definition) is 2. The number of rotatable bonds is 14. The molecule has 1 fully saturated rings. The van der Waals surface area contributed by atoms with Crippen molar-refractivity contribution in [1.82, 2.24) is 15.0 Å². The number of aliphatic hydroxyl groups is 1. The molecule has 0 aliphatic carbocycles. The van der Waals surface area contributed by atoms with Gasteiger partial charge in [-0.3, -0.25) is 9.48 Å². The van der Waals surface area contributed by atoms with E-state index in [1.165, 1.54) is 10.8 Å². The molecule has 1 aliphatic heterocycles. The number of aliphatic hydroxyl groups excluding tert-OH is 1. The van der Waals surface area contributed by atoms with Gasteiger partial charge in [0.05, 0.1) is 45.6 Å². The maximum atomic E-state index is 12.8. The SMILES string of the molecule is COc1ccc([Si](C)(C)[C@@H]2[C@@H](C)[C@@H](CCc3cccc(NC(=O)c4ccccc4)c3)O[C@H]2CCn2cc(C(CO)c3ccccc3)nn2)cc1. The average Bonchev–Trinajstić information content (AvgIpc) is 3.75. The fourth-order valence-corrected chi connectivity index (χ4v) is 11.8. The van der Waals surface area contributed by atoms with Gasteiger partial charge in [-0.05, 0) is 78.2 Å². The number of ether oxygens (including phenoxy) is 2. The van der Waals surface area contributed by atoms with Crippen molar-refractivity contribution >= 4 is 24.9 Å². The van der Waals surface area contributed by atoms with E-state index in [-0.39, 0.29) is 30.6 Å². The van der Waals surface area contributed by atoms with Crippen LogP contribution in [-0.2, 0) is 17.7 Å². The third kappa shape index (κ3) is 8.07. The van der Waals surface area contributed by atoms with E-state index in [4.69, 9.17) is 9.47 Å². The van der Waals surface area contributed by atoms with Crippen molar-refractivity contribution in [3.8, 4) is 5.75 Å². The summed E-state index contributed by atoms with van der Waals surface area (Å²) >= 11 is 0. The lowest BCUT2D eigenvalue weighted by Crippen LogP contribution is -2.50. The van der Waals surface area contributed by atoms with Crippen molar-refractivity contribution < 1.29 is 19.4 Å². The Morgan fingerprint density at radius 2 is 1.66 bits per heavy atom. The smallest absolute Gasteiger partial charge is 0.255 e. The highest BCUT2D eigenvalue weighted by molar-refractivity contribution is 6.91. The summed E-state index contributed by atoms with van der Waals surface area (Å²) < 4.78 is 14.4. The second-order valence-corrected chi connectivity index (χ2v) is 18.6. The molecule has 8 nitrogen and oxygen atoms in total. The second-order valence-electron chi connectivity index (χ2n) is 13.9. The van der Waals surface area contributed by atoms with Gasteiger partial charge in [0, 0.05) is 24.0 Å². The van der Waals surface area contributed by atoms with Gasteiger partial charge < -0.3 is 19.9 Å². The van der Waals surface area contributed by atoms with E-state index in [2.05, 4.69) is 72.0 Å². The third-order valence-corrected chi connectivity index (χ3v) is 14.8. The van der Waals surface area contributed by atoms with Gasteiger partial charge in [0.25, 0.3) is 5.91 Å². The van der Waals surface area contributed by atoms with Crippen LogP contribution in [0.5, 0.6) is 5.75 Å². The first-order valence-electron chi connectivity index (χ1n) is 17.6. The summed E-state index contributed by atoms with van der Waals surface area (Å²) in [7, 11) is -0.321. The van der Waals surface area contributed by atoms with Crippen LogP contribution < -0.4 is 15.2 Å². The van der Waals surface area contributed by atoms with Gasteiger partial charge in [-0.15, -0.1) is 5.10 Å². The molecule has 1 amide bonds. The molecule has 1 aromatic heterocycles. The molecule has 9 heteroatoms. The van der Waals surface area contributed by atoms with E-state index >= 15 is 0 Å². The summed E-state index contributed by atoms with van der Waals surface area (Å²) in [6, 6.07) is 36.0. The number of methoxy groups -OCH3 is 1. The number of anilines is 1. The van der Waals surface area contributed by atoms with Crippen molar-refractivity contribution in [2.24, 2.45) is 5.92 Å². The summed E-state index contributed by atoms with van der Waals surface area (Å²) in [5, 5.41) is 23.5. The van der Waals surface area contributed by atoms with Crippen LogP contribution in [0.15, 0.2) is 115 Å². The molecule has 5 aromatic rings. The molecule has 2 heterocycles. The van der Waals surface area contributed by atoms with Crippen molar-refractivity contribution in [1.29, 1.82) is 0 Å². The van der Waals surface area contributed by atoms with Crippen LogP contribution >= 0.6 is 0 Å².